The number of rotatable bonds is 1. The Balaban J connectivity index is -0.000000163. The van der Waals surface area contributed by atoms with Crippen molar-refractivity contribution in [1.29, 1.82) is 0 Å². The molecule has 0 N–H and O–H groups in total. The number of hydrogen-bond acceptors (Lipinski definition) is 1. The number of hydrogen-bond donors (Lipinski definition) is 0. The molecule has 92 valence electrons. The summed E-state index contributed by atoms with van der Waals surface area (Å²) in [6, 6.07) is 0. The Kier molecular flexibility index (Phi) is 25.0. The van der Waals surface area contributed by atoms with Crippen LogP contribution in [0, 0.1) is 12.2 Å². The average Bonchev–Trinajstić information content (AvgIpc) is 2.96. The SMILES string of the molecule is CN(C)[B]=[Zr+2].[C-]1=CC=CC1.[C-]1=CC=CC1.[Cl-].[Cl-]. The summed E-state index contributed by atoms with van der Waals surface area (Å²) in [5.74, 6) is 0. The fourth-order valence-electron chi connectivity index (χ4n) is 0.680. The van der Waals surface area contributed by atoms with E-state index in [2.05, 4.69) is 28.8 Å². The summed E-state index contributed by atoms with van der Waals surface area (Å²) in [6.07, 6.45) is 20.0. The average molecular weight is 347 g/mol. The van der Waals surface area contributed by atoms with E-state index < -0.39 is 0 Å². The molecule has 0 radical (unpaired) electrons. The van der Waals surface area contributed by atoms with Gasteiger partial charge in [-0.3, -0.25) is 12.2 Å². The van der Waals surface area contributed by atoms with Crippen molar-refractivity contribution in [1.82, 2.24) is 4.81 Å². The molecule has 0 heterocycles. The fourth-order valence-corrected chi connectivity index (χ4v) is 0.680. The van der Waals surface area contributed by atoms with Crippen LogP contribution >= 0.6 is 0 Å². The summed E-state index contributed by atoms with van der Waals surface area (Å²) >= 11 is 1.47. The Morgan fingerprint density at radius 2 is 1.35 bits per heavy atom. The smallest absolute Gasteiger partial charge is 0.109 e. The topological polar surface area (TPSA) is 3.24 Å². The van der Waals surface area contributed by atoms with E-state index >= 15 is 0 Å². The van der Waals surface area contributed by atoms with Crippen LogP contribution in [0.5, 0.6) is 0 Å². The van der Waals surface area contributed by atoms with Crippen LogP contribution in [0.2, 0.25) is 0 Å². The van der Waals surface area contributed by atoms with Crippen molar-refractivity contribution in [3.8, 4) is 0 Å². The molecule has 17 heavy (non-hydrogen) atoms. The first-order valence-corrected chi connectivity index (χ1v) is 6.29. The molecule has 0 aromatic rings. The first-order valence-electron chi connectivity index (χ1n) is 4.88. The maximum Gasteiger partial charge on any atom is -0.109 e. The number of allylic oxidation sites excluding steroid dienone is 8. The molecule has 0 atom stereocenters. The summed E-state index contributed by atoms with van der Waals surface area (Å²) in [5.41, 5.74) is 0. The van der Waals surface area contributed by atoms with E-state index in [1.807, 2.05) is 43.2 Å². The Bertz CT molecular complexity index is 232. The zero-order valence-electron chi connectivity index (χ0n) is 10.2. The molecule has 0 unspecified atom stereocenters. The van der Waals surface area contributed by atoms with Crippen molar-refractivity contribution < 1.29 is 48.8 Å². The van der Waals surface area contributed by atoms with Gasteiger partial charge in [-0.15, -0.1) is 12.8 Å². The van der Waals surface area contributed by atoms with Crippen molar-refractivity contribution in [3.63, 3.8) is 0 Å². The molecule has 2 aliphatic carbocycles. The van der Waals surface area contributed by atoms with Gasteiger partial charge in [-0.2, -0.15) is 12.2 Å². The maximum atomic E-state index is 2.99. The third-order valence-electron chi connectivity index (χ3n) is 1.43. The third kappa shape index (κ3) is 22.2. The van der Waals surface area contributed by atoms with Crippen molar-refractivity contribution in [2.75, 3.05) is 14.1 Å². The van der Waals surface area contributed by atoms with Crippen LogP contribution in [0.1, 0.15) is 12.8 Å². The Labute approximate surface area is 133 Å². The first kappa shape index (κ1) is 22.6. The zero-order chi connectivity index (χ0) is 11.4. The molecule has 2 aliphatic rings. The minimum absolute atomic E-state index is 0. The largest absolute Gasteiger partial charge is 1.00 e. The van der Waals surface area contributed by atoms with Crippen molar-refractivity contribution in [2.24, 2.45) is 0 Å². The quantitative estimate of drug-likeness (QED) is 0.348. The monoisotopic (exact) mass is 345 g/mol. The summed E-state index contributed by atoms with van der Waals surface area (Å²) in [7, 11) is 4.04. The number of nitrogens with zero attached hydrogens (tertiary/aromatic N) is 1. The molecule has 0 saturated carbocycles. The molecule has 0 aliphatic heterocycles. The molecule has 1 nitrogen and oxygen atoms in total. The third-order valence-corrected chi connectivity index (χ3v) is 2.70. The van der Waals surface area contributed by atoms with E-state index in [0.29, 0.717) is 0 Å². The van der Waals surface area contributed by atoms with E-state index in [0.717, 1.165) is 12.8 Å². The van der Waals surface area contributed by atoms with E-state index in [1.165, 1.54) is 24.0 Å². The second-order valence-corrected chi connectivity index (χ2v) is 3.73. The van der Waals surface area contributed by atoms with Crippen LogP contribution in [0.3, 0.4) is 0 Å². The van der Waals surface area contributed by atoms with Crippen molar-refractivity contribution >= 4 is 4.51 Å². The van der Waals surface area contributed by atoms with Crippen LogP contribution in [0.25, 0.3) is 0 Å². The molecule has 0 fully saturated rings. The minimum atomic E-state index is 0. The summed E-state index contributed by atoms with van der Waals surface area (Å²) < 4.78 is 2.09. The predicted molar refractivity (Wildman–Crippen MR) is 62.6 cm³/mol. The summed E-state index contributed by atoms with van der Waals surface area (Å²) in [6.45, 7) is 0. The maximum absolute atomic E-state index is 2.99. The second kappa shape index (κ2) is 18.8. The zero-order valence-corrected chi connectivity index (χ0v) is 14.1. The number of halogens is 2. The van der Waals surface area contributed by atoms with E-state index in [-0.39, 0.29) is 24.8 Å². The van der Waals surface area contributed by atoms with Gasteiger partial charge in [-0.1, -0.05) is 0 Å². The van der Waals surface area contributed by atoms with E-state index in [4.69, 9.17) is 0 Å². The first-order chi connectivity index (χ1) is 7.27. The molecule has 0 aromatic carbocycles. The Morgan fingerprint density at radius 3 is 1.41 bits per heavy atom. The fraction of sp³-hybridized carbons (Fsp3) is 0.333. The minimum Gasteiger partial charge on any atom is -1.00 e. The van der Waals surface area contributed by atoms with Crippen LogP contribution in [-0.4, -0.2) is 23.4 Å². The normalized spacial score (nSPS) is 12.8. The molecule has 2 rings (SSSR count). The van der Waals surface area contributed by atoms with Crippen molar-refractivity contribution in [2.45, 2.75) is 12.8 Å². The van der Waals surface area contributed by atoms with Gasteiger partial charge >= 0.3 is 47.4 Å². The predicted octanol–water partition coefficient (Wildman–Crippen LogP) is -3.75. The van der Waals surface area contributed by atoms with Crippen LogP contribution in [0.15, 0.2) is 36.5 Å². The molecular formula is C12H16BCl2NZr-2. The van der Waals surface area contributed by atoms with Gasteiger partial charge in [0, 0.05) is 0 Å². The van der Waals surface area contributed by atoms with E-state index in [1.54, 1.807) is 0 Å². The Morgan fingerprint density at radius 1 is 1.00 bits per heavy atom. The van der Waals surface area contributed by atoms with Gasteiger partial charge in [0.15, 0.2) is 0 Å². The van der Waals surface area contributed by atoms with Gasteiger partial charge in [0.1, 0.15) is 0 Å². The molecule has 0 saturated heterocycles. The van der Waals surface area contributed by atoms with Gasteiger partial charge in [0.25, 0.3) is 0 Å². The van der Waals surface area contributed by atoms with Gasteiger partial charge < -0.3 is 24.8 Å². The van der Waals surface area contributed by atoms with Crippen molar-refractivity contribution in [3.05, 3.63) is 48.6 Å². The Hall–Kier alpha value is 0.448. The van der Waals surface area contributed by atoms with Gasteiger partial charge in [-0.05, 0) is 0 Å². The van der Waals surface area contributed by atoms with E-state index in [9.17, 15) is 0 Å². The molecule has 5 heteroatoms. The van der Waals surface area contributed by atoms with Crippen LogP contribution in [-0.2, 0) is 24.0 Å². The molecule has 0 bridgehead atoms. The second-order valence-electron chi connectivity index (χ2n) is 3.10. The summed E-state index contributed by atoms with van der Waals surface area (Å²) in [5, 5.41) is 0. The molecule has 0 aromatic heterocycles. The summed E-state index contributed by atoms with van der Waals surface area (Å²) in [4.78, 5) is 2.04. The van der Waals surface area contributed by atoms with Crippen LogP contribution in [0.4, 0.5) is 0 Å². The molecule has 0 spiro atoms. The van der Waals surface area contributed by atoms with Gasteiger partial charge in [0.2, 0.25) is 0 Å². The molecular weight excluding hydrogens is 331 g/mol. The standard InChI is InChI=1S/2C5H5.C2H6BN.2ClH.Zr/c2*1-2-4-5-3-1;1-4(2)3;;;/h2*1-3H,4H2;1-2H3;2*1H;/q2*-1;;;;+2/p-2. The van der Waals surface area contributed by atoms with Gasteiger partial charge in [0.05, 0.1) is 0 Å². The molecule has 0 amide bonds. The van der Waals surface area contributed by atoms with Gasteiger partial charge in [-0.25, -0.2) is 24.3 Å². The van der Waals surface area contributed by atoms with Crippen LogP contribution < -0.4 is 24.8 Å².